The van der Waals surface area contributed by atoms with Crippen molar-refractivity contribution in [1.29, 1.82) is 0 Å². The van der Waals surface area contributed by atoms with Gasteiger partial charge in [-0.05, 0) is 24.7 Å². The van der Waals surface area contributed by atoms with Crippen LogP contribution in [0.5, 0.6) is 5.75 Å². The van der Waals surface area contributed by atoms with Crippen LogP contribution in [0.25, 0.3) is 0 Å². The molecule has 7 heteroatoms. The zero-order valence-corrected chi connectivity index (χ0v) is 10.3. The van der Waals surface area contributed by atoms with E-state index in [9.17, 15) is 13.2 Å². The van der Waals surface area contributed by atoms with Gasteiger partial charge in [-0.25, -0.2) is 0 Å². The summed E-state index contributed by atoms with van der Waals surface area (Å²) in [6, 6.07) is 4.74. The fraction of sp³-hybridized carbons (Fsp3) is 0.455. The highest BCUT2D eigenvalue weighted by atomic mass is 35.5. The molecule has 1 aromatic carbocycles. The molecule has 1 rings (SSSR count). The summed E-state index contributed by atoms with van der Waals surface area (Å²) >= 11 is 5.85. The maximum Gasteiger partial charge on any atom is 0.417 e. The molecule has 1 atom stereocenters. The third kappa shape index (κ3) is 4.36. The molecule has 0 heterocycles. The first-order chi connectivity index (χ1) is 8.34. The van der Waals surface area contributed by atoms with E-state index < -0.39 is 18.9 Å². The Morgan fingerprint density at radius 2 is 2.11 bits per heavy atom. The molecule has 0 spiro atoms. The third-order valence-corrected chi connectivity index (χ3v) is 2.45. The molecule has 0 aromatic heterocycles. The largest absolute Gasteiger partial charge is 0.489 e. The minimum Gasteiger partial charge on any atom is -0.489 e. The molecule has 102 valence electrons. The lowest BCUT2D eigenvalue weighted by molar-refractivity contribution is -0.210. The Morgan fingerprint density at radius 1 is 1.44 bits per heavy atom. The summed E-state index contributed by atoms with van der Waals surface area (Å²) in [4.78, 5) is 0. The van der Waals surface area contributed by atoms with Gasteiger partial charge in [-0.15, -0.1) is 0 Å². The predicted octanol–water partition coefficient (Wildman–Crippen LogP) is 2.36. The maximum atomic E-state index is 12.0. The van der Waals surface area contributed by atoms with Crippen LogP contribution in [0.4, 0.5) is 13.2 Å². The minimum atomic E-state index is -4.70. The molecule has 0 aliphatic rings. The van der Waals surface area contributed by atoms with Crippen molar-refractivity contribution in [1.82, 2.24) is 5.32 Å². The van der Waals surface area contributed by atoms with Crippen LogP contribution in [0.1, 0.15) is 5.56 Å². The zero-order chi connectivity index (χ0) is 13.8. The monoisotopic (exact) mass is 283 g/mol. The van der Waals surface area contributed by atoms with Gasteiger partial charge in [0.15, 0.2) is 6.10 Å². The van der Waals surface area contributed by atoms with E-state index in [0.29, 0.717) is 6.54 Å². The van der Waals surface area contributed by atoms with Crippen LogP contribution in [0.15, 0.2) is 18.2 Å². The number of alkyl halides is 3. The van der Waals surface area contributed by atoms with E-state index in [1.165, 1.54) is 6.07 Å². The Hall–Kier alpha value is -0.980. The average Bonchev–Trinajstić information content (AvgIpc) is 2.26. The Bertz CT molecular complexity index is 398. The smallest absolute Gasteiger partial charge is 0.417 e. The van der Waals surface area contributed by atoms with Crippen LogP contribution in [-0.2, 0) is 6.54 Å². The molecule has 18 heavy (non-hydrogen) atoms. The van der Waals surface area contributed by atoms with Crippen molar-refractivity contribution in [3.05, 3.63) is 28.8 Å². The maximum absolute atomic E-state index is 12.0. The SMILES string of the molecule is CNCc1ccc(OCC(O)C(F)(F)F)c(Cl)c1. The quantitative estimate of drug-likeness (QED) is 0.872. The number of ether oxygens (including phenoxy) is 1. The van der Waals surface area contributed by atoms with Crippen molar-refractivity contribution in [2.45, 2.75) is 18.8 Å². The molecule has 0 aliphatic heterocycles. The van der Waals surface area contributed by atoms with Crippen molar-refractivity contribution in [2.24, 2.45) is 0 Å². The molecule has 0 amide bonds. The molecule has 0 aliphatic carbocycles. The summed E-state index contributed by atoms with van der Waals surface area (Å²) < 4.78 is 41.0. The number of aliphatic hydroxyl groups excluding tert-OH is 1. The van der Waals surface area contributed by atoms with E-state index in [2.05, 4.69) is 5.32 Å². The Morgan fingerprint density at radius 3 is 2.61 bits per heavy atom. The summed E-state index contributed by atoms with van der Waals surface area (Å²) in [6.45, 7) is -0.292. The second-order valence-electron chi connectivity index (χ2n) is 3.66. The number of halogens is 4. The normalized spacial score (nSPS) is 13.4. The number of aliphatic hydroxyl groups is 1. The molecule has 2 N–H and O–H groups in total. The van der Waals surface area contributed by atoms with Crippen LogP contribution in [0.2, 0.25) is 5.02 Å². The second kappa shape index (κ2) is 6.26. The van der Waals surface area contributed by atoms with E-state index in [-0.39, 0.29) is 10.8 Å². The van der Waals surface area contributed by atoms with Gasteiger partial charge in [0.25, 0.3) is 0 Å². The molecule has 0 radical (unpaired) electrons. The van der Waals surface area contributed by atoms with Gasteiger partial charge < -0.3 is 15.2 Å². The van der Waals surface area contributed by atoms with Gasteiger partial charge in [-0.3, -0.25) is 0 Å². The lowest BCUT2D eigenvalue weighted by Gasteiger charge is -2.16. The van der Waals surface area contributed by atoms with Gasteiger partial charge >= 0.3 is 6.18 Å². The zero-order valence-electron chi connectivity index (χ0n) is 9.59. The van der Waals surface area contributed by atoms with E-state index in [4.69, 9.17) is 21.4 Å². The van der Waals surface area contributed by atoms with Crippen molar-refractivity contribution in [3.63, 3.8) is 0 Å². The first kappa shape index (κ1) is 15.1. The molecule has 3 nitrogen and oxygen atoms in total. The van der Waals surface area contributed by atoms with E-state index >= 15 is 0 Å². The van der Waals surface area contributed by atoms with Crippen molar-refractivity contribution >= 4 is 11.6 Å². The van der Waals surface area contributed by atoms with Crippen molar-refractivity contribution in [3.8, 4) is 5.75 Å². The van der Waals surface area contributed by atoms with E-state index in [1.54, 1.807) is 19.2 Å². The van der Waals surface area contributed by atoms with Gasteiger partial charge in [-0.2, -0.15) is 13.2 Å². The summed E-state index contributed by atoms with van der Waals surface area (Å²) in [5, 5.41) is 11.9. The summed E-state index contributed by atoms with van der Waals surface area (Å²) in [5.41, 5.74) is 0.881. The lowest BCUT2D eigenvalue weighted by atomic mass is 10.2. The Balaban J connectivity index is 2.63. The van der Waals surface area contributed by atoms with Crippen LogP contribution < -0.4 is 10.1 Å². The molecular weight excluding hydrogens is 271 g/mol. The molecule has 0 fully saturated rings. The molecular formula is C11H13ClF3NO2. The first-order valence-electron chi connectivity index (χ1n) is 5.15. The Labute approximate surface area is 108 Å². The highest BCUT2D eigenvalue weighted by molar-refractivity contribution is 6.32. The molecule has 1 aromatic rings. The summed E-state index contributed by atoms with van der Waals surface area (Å²) in [6.07, 6.45) is -7.22. The van der Waals surface area contributed by atoms with Crippen LogP contribution >= 0.6 is 11.6 Å². The minimum absolute atomic E-state index is 0.111. The summed E-state index contributed by atoms with van der Waals surface area (Å²) in [7, 11) is 1.76. The number of hydrogen-bond donors (Lipinski definition) is 2. The number of rotatable bonds is 5. The molecule has 0 saturated carbocycles. The van der Waals surface area contributed by atoms with Gasteiger partial charge in [0.2, 0.25) is 0 Å². The second-order valence-corrected chi connectivity index (χ2v) is 4.07. The average molecular weight is 284 g/mol. The molecule has 1 unspecified atom stereocenters. The highest BCUT2D eigenvalue weighted by Gasteiger charge is 2.38. The number of benzene rings is 1. The van der Waals surface area contributed by atoms with Crippen LogP contribution in [0.3, 0.4) is 0 Å². The highest BCUT2D eigenvalue weighted by Crippen LogP contribution is 2.27. The predicted molar refractivity (Wildman–Crippen MR) is 61.8 cm³/mol. The van der Waals surface area contributed by atoms with Crippen LogP contribution in [-0.4, -0.2) is 31.0 Å². The third-order valence-electron chi connectivity index (χ3n) is 2.15. The first-order valence-corrected chi connectivity index (χ1v) is 5.53. The van der Waals surface area contributed by atoms with E-state index in [1.807, 2.05) is 0 Å². The topological polar surface area (TPSA) is 41.5 Å². The summed E-state index contributed by atoms with van der Waals surface area (Å²) in [5.74, 6) is 0.111. The standard InChI is InChI=1S/C11H13ClF3NO2/c1-16-5-7-2-3-9(8(12)4-7)18-6-10(17)11(13,14)15/h2-4,10,16-17H,5-6H2,1H3. The van der Waals surface area contributed by atoms with Gasteiger partial charge in [0.05, 0.1) is 5.02 Å². The van der Waals surface area contributed by atoms with Crippen molar-refractivity contribution in [2.75, 3.05) is 13.7 Å². The van der Waals surface area contributed by atoms with Crippen LogP contribution in [0, 0.1) is 0 Å². The molecule has 0 bridgehead atoms. The van der Waals surface area contributed by atoms with E-state index in [0.717, 1.165) is 5.56 Å². The Kier molecular flexibility index (Phi) is 5.25. The van der Waals surface area contributed by atoms with Gasteiger partial charge in [0, 0.05) is 6.54 Å². The van der Waals surface area contributed by atoms with Gasteiger partial charge in [0.1, 0.15) is 12.4 Å². The van der Waals surface area contributed by atoms with Crippen molar-refractivity contribution < 1.29 is 23.0 Å². The van der Waals surface area contributed by atoms with Gasteiger partial charge in [-0.1, -0.05) is 17.7 Å². The lowest BCUT2D eigenvalue weighted by Crippen LogP contribution is -2.34. The fourth-order valence-electron chi connectivity index (χ4n) is 1.24. The fourth-order valence-corrected chi connectivity index (χ4v) is 1.50. The number of hydrogen-bond acceptors (Lipinski definition) is 3. The molecule has 0 saturated heterocycles. The number of nitrogens with one attached hydrogen (secondary N) is 1.